The number of aryl methyl sites for hydroxylation is 1. The van der Waals surface area contributed by atoms with Crippen molar-refractivity contribution in [3.63, 3.8) is 0 Å². The molecule has 5 nitrogen and oxygen atoms in total. The summed E-state index contributed by atoms with van der Waals surface area (Å²) in [6.07, 6.45) is 5.90. The maximum absolute atomic E-state index is 12.1. The highest BCUT2D eigenvalue weighted by atomic mass is 16.5. The molecule has 1 aromatic carbocycles. The highest BCUT2D eigenvalue weighted by molar-refractivity contribution is 5.76. The predicted molar refractivity (Wildman–Crippen MR) is 102 cm³/mol. The van der Waals surface area contributed by atoms with E-state index < -0.39 is 0 Å². The van der Waals surface area contributed by atoms with Gasteiger partial charge in [0.2, 0.25) is 5.91 Å². The van der Waals surface area contributed by atoms with Crippen LogP contribution in [0, 0.1) is 0 Å². The lowest BCUT2D eigenvalue weighted by Gasteiger charge is -2.22. The number of hydrogen-bond acceptors (Lipinski definition) is 3. The number of nitrogens with zero attached hydrogens (tertiary/aromatic N) is 1. The van der Waals surface area contributed by atoms with Gasteiger partial charge in [0, 0.05) is 24.6 Å². The molecule has 0 saturated heterocycles. The van der Waals surface area contributed by atoms with Crippen molar-refractivity contribution in [2.75, 3.05) is 6.61 Å². The average molecular weight is 355 g/mol. The fourth-order valence-electron chi connectivity index (χ4n) is 3.31. The van der Waals surface area contributed by atoms with Crippen molar-refractivity contribution in [1.82, 2.24) is 15.5 Å². The van der Waals surface area contributed by atoms with E-state index in [1.54, 1.807) is 0 Å². The Morgan fingerprint density at radius 3 is 2.81 bits per heavy atom. The molecule has 2 aromatic rings. The number of rotatable bonds is 6. The topological polar surface area (TPSA) is 67.0 Å². The van der Waals surface area contributed by atoms with Crippen LogP contribution in [-0.2, 0) is 23.1 Å². The number of aromatic amines is 1. The first-order chi connectivity index (χ1) is 12.4. The maximum Gasteiger partial charge on any atom is 0.220 e. The first kappa shape index (κ1) is 18.5. The second-order valence-electron chi connectivity index (χ2n) is 8.11. The molecule has 2 N–H and O–H groups in total. The summed E-state index contributed by atoms with van der Waals surface area (Å²) in [7, 11) is 0. The molecular formula is C21H29N3O2. The highest BCUT2D eigenvalue weighted by Gasteiger charge is 2.21. The van der Waals surface area contributed by atoms with Crippen LogP contribution in [0.5, 0.6) is 5.75 Å². The summed E-state index contributed by atoms with van der Waals surface area (Å²) in [5.74, 6) is 0.960. The molecule has 0 aliphatic heterocycles. The Labute approximate surface area is 155 Å². The zero-order chi connectivity index (χ0) is 18.6. The van der Waals surface area contributed by atoms with Crippen LogP contribution >= 0.6 is 0 Å². The van der Waals surface area contributed by atoms with Gasteiger partial charge in [0.25, 0.3) is 0 Å². The van der Waals surface area contributed by atoms with Gasteiger partial charge in [-0.05, 0) is 47.9 Å². The van der Waals surface area contributed by atoms with Crippen LogP contribution < -0.4 is 10.1 Å². The number of fused-ring (bicyclic) bond motifs is 1. The van der Waals surface area contributed by atoms with E-state index in [9.17, 15) is 4.79 Å². The number of hydrogen-bond donors (Lipinski definition) is 2. The Bertz CT molecular complexity index is 728. The minimum absolute atomic E-state index is 0.102. The van der Waals surface area contributed by atoms with E-state index in [2.05, 4.69) is 48.4 Å². The molecule has 5 heteroatoms. The molecule has 1 aliphatic carbocycles. The zero-order valence-corrected chi connectivity index (χ0v) is 16.0. The SMILES string of the molecule is CC(C)(C)c1ccc(OCCCC(=O)NC2CCc3cn[nH]c3C2)cc1. The summed E-state index contributed by atoms with van der Waals surface area (Å²) in [5, 5.41) is 10.2. The van der Waals surface area contributed by atoms with Gasteiger partial charge in [-0.3, -0.25) is 9.89 Å². The van der Waals surface area contributed by atoms with Crippen LogP contribution in [0.2, 0.25) is 0 Å². The van der Waals surface area contributed by atoms with Crippen molar-refractivity contribution in [2.45, 2.75) is 64.3 Å². The minimum Gasteiger partial charge on any atom is -0.494 e. The van der Waals surface area contributed by atoms with Gasteiger partial charge in [-0.2, -0.15) is 5.10 Å². The van der Waals surface area contributed by atoms with E-state index >= 15 is 0 Å². The van der Waals surface area contributed by atoms with E-state index in [1.807, 2.05) is 18.3 Å². The lowest BCUT2D eigenvalue weighted by Crippen LogP contribution is -2.38. The standard InChI is InChI=1S/C21H29N3O2/c1-21(2,3)16-7-10-18(11-8-16)26-12-4-5-20(25)23-17-9-6-15-14-22-24-19(15)13-17/h7-8,10-11,14,17H,4-6,9,12-13H2,1-3H3,(H,22,24)(H,23,25). The minimum atomic E-state index is 0.102. The quantitative estimate of drug-likeness (QED) is 0.779. The van der Waals surface area contributed by atoms with E-state index in [4.69, 9.17) is 4.74 Å². The molecule has 0 radical (unpaired) electrons. The molecule has 1 aromatic heterocycles. The Morgan fingerprint density at radius 1 is 1.31 bits per heavy atom. The smallest absolute Gasteiger partial charge is 0.220 e. The van der Waals surface area contributed by atoms with Crippen molar-refractivity contribution in [3.8, 4) is 5.75 Å². The van der Waals surface area contributed by atoms with E-state index in [0.29, 0.717) is 13.0 Å². The molecule has 1 amide bonds. The second kappa shape index (κ2) is 7.94. The number of carbonyl (C=O) groups excluding carboxylic acids is 1. The van der Waals surface area contributed by atoms with Crippen LogP contribution in [0.3, 0.4) is 0 Å². The normalized spacial score (nSPS) is 16.8. The van der Waals surface area contributed by atoms with E-state index in [1.165, 1.54) is 11.1 Å². The first-order valence-electron chi connectivity index (χ1n) is 9.45. The molecular weight excluding hydrogens is 326 g/mol. The summed E-state index contributed by atoms with van der Waals surface area (Å²) >= 11 is 0. The monoisotopic (exact) mass is 355 g/mol. The molecule has 3 rings (SSSR count). The van der Waals surface area contributed by atoms with Gasteiger partial charge < -0.3 is 10.1 Å². The third-order valence-electron chi connectivity index (χ3n) is 4.92. The number of ether oxygens (including phenoxy) is 1. The van der Waals surface area contributed by atoms with Gasteiger partial charge in [0.1, 0.15) is 5.75 Å². The van der Waals surface area contributed by atoms with Crippen LogP contribution in [0.4, 0.5) is 0 Å². The van der Waals surface area contributed by atoms with Gasteiger partial charge in [-0.25, -0.2) is 0 Å². The van der Waals surface area contributed by atoms with E-state index in [-0.39, 0.29) is 17.4 Å². The number of carbonyl (C=O) groups is 1. The van der Waals surface area contributed by atoms with Crippen molar-refractivity contribution in [3.05, 3.63) is 47.3 Å². The van der Waals surface area contributed by atoms with Gasteiger partial charge >= 0.3 is 0 Å². The second-order valence-corrected chi connectivity index (χ2v) is 8.11. The average Bonchev–Trinajstić information content (AvgIpc) is 3.06. The Hall–Kier alpha value is -2.30. The molecule has 140 valence electrons. The van der Waals surface area contributed by atoms with Crippen LogP contribution in [-0.4, -0.2) is 28.8 Å². The van der Waals surface area contributed by atoms with Crippen molar-refractivity contribution < 1.29 is 9.53 Å². The summed E-state index contributed by atoms with van der Waals surface area (Å²) in [4.78, 5) is 12.1. The van der Waals surface area contributed by atoms with Gasteiger partial charge in [-0.1, -0.05) is 32.9 Å². The number of H-pyrrole nitrogens is 1. The van der Waals surface area contributed by atoms with Gasteiger partial charge in [-0.15, -0.1) is 0 Å². The molecule has 0 fully saturated rings. The summed E-state index contributed by atoms with van der Waals surface area (Å²) < 4.78 is 5.76. The predicted octanol–water partition coefficient (Wildman–Crippen LogP) is 3.54. The molecule has 0 bridgehead atoms. The maximum atomic E-state index is 12.1. The summed E-state index contributed by atoms with van der Waals surface area (Å²) in [6, 6.07) is 8.43. The fraction of sp³-hybridized carbons (Fsp3) is 0.524. The fourth-order valence-corrected chi connectivity index (χ4v) is 3.31. The molecule has 0 saturated carbocycles. The first-order valence-corrected chi connectivity index (χ1v) is 9.45. The van der Waals surface area contributed by atoms with Crippen LogP contribution in [0.25, 0.3) is 0 Å². The van der Waals surface area contributed by atoms with Crippen LogP contribution in [0.15, 0.2) is 30.5 Å². The lowest BCUT2D eigenvalue weighted by atomic mass is 9.87. The number of nitrogens with one attached hydrogen (secondary N) is 2. The largest absolute Gasteiger partial charge is 0.494 e. The number of aromatic nitrogens is 2. The van der Waals surface area contributed by atoms with Crippen LogP contribution in [0.1, 0.15) is 56.9 Å². The Balaban J connectivity index is 1.35. The number of amides is 1. The molecule has 0 spiro atoms. The molecule has 1 atom stereocenters. The number of benzene rings is 1. The van der Waals surface area contributed by atoms with Gasteiger partial charge in [0.15, 0.2) is 0 Å². The van der Waals surface area contributed by atoms with Crippen molar-refractivity contribution in [2.24, 2.45) is 0 Å². The third-order valence-corrected chi connectivity index (χ3v) is 4.92. The molecule has 26 heavy (non-hydrogen) atoms. The van der Waals surface area contributed by atoms with Crippen molar-refractivity contribution >= 4 is 5.91 Å². The zero-order valence-electron chi connectivity index (χ0n) is 16.0. The van der Waals surface area contributed by atoms with Gasteiger partial charge in [0.05, 0.1) is 12.8 Å². The molecule has 1 aliphatic rings. The van der Waals surface area contributed by atoms with Crippen molar-refractivity contribution in [1.29, 1.82) is 0 Å². The molecule has 1 heterocycles. The lowest BCUT2D eigenvalue weighted by molar-refractivity contribution is -0.122. The third kappa shape index (κ3) is 4.87. The molecule has 1 unspecified atom stereocenters. The van der Waals surface area contributed by atoms with E-state index in [0.717, 1.165) is 37.1 Å². The summed E-state index contributed by atoms with van der Waals surface area (Å²) in [6.45, 7) is 7.14. The summed E-state index contributed by atoms with van der Waals surface area (Å²) in [5.41, 5.74) is 3.87. The Kier molecular flexibility index (Phi) is 5.64. The highest BCUT2D eigenvalue weighted by Crippen LogP contribution is 2.24. The Morgan fingerprint density at radius 2 is 2.08 bits per heavy atom.